The lowest BCUT2D eigenvalue weighted by atomic mass is 10.2. The van der Waals surface area contributed by atoms with Gasteiger partial charge in [0, 0.05) is 23.9 Å². The van der Waals surface area contributed by atoms with E-state index in [0.29, 0.717) is 28.5 Å². The molecule has 118 valence electrons. The highest BCUT2D eigenvalue weighted by molar-refractivity contribution is 5.92. The molecule has 0 aliphatic carbocycles. The van der Waals surface area contributed by atoms with Crippen LogP contribution in [0.1, 0.15) is 5.56 Å². The summed E-state index contributed by atoms with van der Waals surface area (Å²) in [5.74, 6) is 1.27. The average molecular weight is 312 g/mol. The minimum Gasteiger partial charge on any atom is -0.497 e. The molecule has 0 heterocycles. The third kappa shape index (κ3) is 4.64. The number of hydrogen-bond acceptors (Lipinski definition) is 5. The first kappa shape index (κ1) is 16.2. The largest absolute Gasteiger partial charge is 0.497 e. The second kappa shape index (κ2) is 7.71. The van der Waals surface area contributed by atoms with Crippen LogP contribution in [-0.4, -0.2) is 26.7 Å². The fourth-order valence-corrected chi connectivity index (χ4v) is 1.88. The van der Waals surface area contributed by atoms with Crippen molar-refractivity contribution in [1.82, 2.24) is 0 Å². The van der Waals surface area contributed by atoms with Crippen molar-refractivity contribution in [3.8, 4) is 23.3 Å². The van der Waals surface area contributed by atoms with Gasteiger partial charge in [0.1, 0.15) is 17.2 Å². The molecule has 0 saturated heterocycles. The fourth-order valence-electron chi connectivity index (χ4n) is 1.88. The first-order valence-electron chi connectivity index (χ1n) is 6.80. The van der Waals surface area contributed by atoms with E-state index in [9.17, 15) is 4.79 Å². The van der Waals surface area contributed by atoms with Crippen molar-refractivity contribution in [3.05, 3.63) is 48.0 Å². The zero-order chi connectivity index (χ0) is 16.7. The molecule has 23 heavy (non-hydrogen) atoms. The number of nitrogens with one attached hydrogen (secondary N) is 1. The van der Waals surface area contributed by atoms with Gasteiger partial charge in [0.15, 0.2) is 6.61 Å². The van der Waals surface area contributed by atoms with Crippen LogP contribution in [0.2, 0.25) is 0 Å². The summed E-state index contributed by atoms with van der Waals surface area (Å²) in [6.07, 6.45) is 0. The fraction of sp³-hybridized carbons (Fsp3) is 0.176. The lowest BCUT2D eigenvalue weighted by Gasteiger charge is -2.10. The molecule has 0 fully saturated rings. The predicted octanol–water partition coefficient (Wildman–Crippen LogP) is 2.59. The van der Waals surface area contributed by atoms with Crippen LogP contribution >= 0.6 is 0 Å². The molecule has 2 rings (SSSR count). The van der Waals surface area contributed by atoms with Gasteiger partial charge in [-0.2, -0.15) is 5.26 Å². The van der Waals surface area contributed by atoms with Gasteiger partial charge in [-0.1, -0.05) is 6.07 Å². The highest BCUT2D eigenvalue weighted by Gasteiger charge is 2.07. The van der Waals surface area contributed by atoms with Crippen molar-refractivity contribution in [2.45, 2.75) is 0 Å². The van der Waals surface area contributed by atoms with Gasteiger partial charge >= 0.3 is 0 Å². The second-order valence-electron chi connectivity index (χ2n) is 4.58. The lowest BCUT2D eigenvalue weighted by molar-refractivity contribution is -0.118. The van der Waals surface area contributed by atoms with E-state index in [-0.39, 0.29) is 12.5 Å². The van der Waals surface area contributed by atoms with Gasteiger partial charge in [-0.05, 0) is 18.2 Å². The molecular weight excluding hydrogens is 296 g/mol. The van der Waals surface area contributed by atoms with E-state index in [2.05, 4.69) is 5.32 Å². The lowest BCUT2D eigenvalue weighted by Crippen LogP contribution is -2.20. The van der Waals surface area contributed by atoms with Gasteiger partial charge in [-0.15, -0.1) is 0 Å². The van der Waals surface area contributed by atoms with Crippen LogP contribution in [0.4, 0.5) is 5.69 Å². The van der Waals surface area contributed by atoms with Crippen molar-refractivity contribution >= 4 is 11.6 Å². The first-order chi connectivity index (χ1) is 11.1. The molecule has 0 aromatic heterocycles. The Morgan fingerprint density at radius 2 is 1.78 bits per heavy atom. The van der Waals surface area contributed by atoms with Crippen molar-refractivity contribution in [2.75, 3.05) is 26.1 Å². The molecule has 2 aromatic rings. The number of anilines is 1. The van der Waals surface area contributed by atoms with Crippen molar-refractivity contribution in [2.24, 2.45) is 0 Å². The molecule has 1 N–H and O–H groups in total. The molecule has 6 heteroatoms. The summed E-state index contributed by atoms with van der Waals surface area (Å²) < 4.78 is 15.7. The van der Waals surface area contributed by atoms with Crippen LogP contribution in [0.25, 0.3) is 0 Å². The molecule has 6 nitrogen and oxygen atoms in total. The van der Waals surface area contributed by atoms with E-state index >= 15 is 0 Å². The Morgan fingerprint density at radius 3 is 2.39 bits per heavy atom. The summed E-state index contributed by atoms with van der Waals surface area (Å²) in [4.78, 5) is 12.0. The monoisotopic (exact) mass is 312 g/mol. The predicted molar refractivity (Wildman–Crippen MR) is 84.8 cm³/mol. The summed E-state index contributed by atoms with van der Waals surface area (Å²) in [5.41, 5.74) is 1.01. The number of nitrogens with zero attached hydrogens (tertiary/aromatic N) is 1. The van der Waals surface area contributed by atoms with Gasteiger partial charge in [0.05, 0.1) is 25.9 Å². The number of rotatable bonds is 6. The van der Waals surface area contributed by atoms with Crippen LogP contribution in [0.15, 0.2) is 42.5 Å². The molecular formula is C17H16N2O4. The minimum absolute atomic E-state index is 0.172. The van der Waals surface area contributed by atoms with Crippen molar-refractivity contribution in [3.63, 3.8) is 0 Å². The van der Waals surface area contributed by atoms with Gasteiger partial charge in [0.2, 0.25) is 0 Å². The molecule has 0 atom stereocenters. The van der Waals surface area contributed by atoms with Gasteiger partial charge in [0.25, 0.3) is 5.91 Å². The van der Waals surface area contributed by atoms with E-state index in [4.69, 9.17) is 19.5 Å². The molecule has 2 aromatic carbocycles. The van der Waals surface area contributed by atoms with E-state index in [1.54, 1.807) is 42.5 Å². The Bertz CT molecular complexity index is 715. The zero-order valence-electron chi connectivity index (χ0n) is 12.8. The summed E-state index contributed by atoms with van der Waals surface area (Å²) in [6.45, 7) is -0.172. The average Bonchev–Trinajstić information content (AvgIpc) is 2.59. The van der Waals surface area contributed by atoms with E-state index in [1.807, 2.05) is 6.07 Å². The van der Waals surface area contributed by atoms with E-state index < -0.39 is 0 Å². The Labute approximate surface area is 134 Å². The minimum atomic E-state index is -0.331. The number of carbonyl (C=O) groups excluding carboxylic acids is 1. The van der Waals surface area contributed by atoms with Crippen molar-refractivity contribution < 1.29 is 19.0 Å². The topological polar surface area (TPSA) is 80.6 Å². The van der Waals surface area contributed by atoms with Gasteiger partial charge < -0.3 is 19.5 Å². The van der Waals surface area contributed by atoms with Crippen LogP contribution in [0.3, 0.4) is 0 Å². The molecule has 0 aliphatic rings. The smallest absolute Gasteiger partial charge is 0.262 e. The second-order valence-corrected chi connectivity index (χ2v) is 4.58. The maximum Gasteiger partial charge on any atom is 0.262 e. The Kier molecular flexibility index (Phi) is 5.42. The number of ether oxygens (including phenoxy) is 3. The molecule has 0 unspecified atom stereocenters. The molecule has 1 amide bonds. The Balaban J connectivity index is 1.98. The van der Waals surface area contributed by atoms with Crippen LogP contribution < -0.4 is 19.5 Å². The summed E-state index contributed by atoms with van der Waals surface area (Å²) in [7, 11) is 3.07. The normalized spacial score (nSPS) is 9.61. The third-order valence-corrected chi connectivity index (χ3v) is 2.97. The highest BCUT2D eigenvalue weighted by atomic mass is 16.5. The Morgan fingerprint density at radius 1 is 1.09 bits per heavy atom. The van der Waals surface area contributed by atoms with Crippen molar-refractivity contribution in [1.29, 1.82) is 5.26 Å². The van der Waals surface area contributed by atoms with E-state index in [0.717, 1.165) is 0 Å². The highest BCUT2D eigenvalue weighted by Crippen LogP contribution is 2.25. The number of nitriles is 1. The first-order valence-corrected chi connectivity index (χ1v) is 6.80. The third-order valence-electron chi connectivity index (χ3n) is 2.97. The maximum atomic E-state index is 12.0. The number of methoxy groups -OCH3 is 2. The molecule has 0 radical (unpaired) electrons. The SMILES string of the molecule is COc1cc(NC(=O)COc2cccc(C#N)c2)cc(OC)c1. The summed E-state index contributed by atoms with van der Waals surface area (Å²) in [6, 6.07) is 13.7. The summed E-state index contributed by atoms with van der Waals surface area (Å²) in [5, 5.41) is 11.5. The maximum absolute atomic E-state index is 12.0. The summed E-state index contributed by atoms with van der Waals surface area (Å²) >= 11 is 0. The zero-order valence-corrected chi connectivity index (χ0v) is 12.8. The quantitative estimate of drug-likeness (QED) is 0.886. The van der Waals surface area contributed by atoms with Gasteiger partial charge in [-0.25, -0.2) is 0 Å². The van der Waals surface area contributed by atoms with Crippen LogP contribution in [-0.2, 0) is 4.79 Å². The van der Waals surface area contributed by atoms with E-state index in [1.165, 1.54) is 14.2 Å². The number of carbonyl (C=O) groups is 1. The Hall–Kier alpha value is -3.20. The number of amides is 1. The number of hydrogen-bond donors (Lipinski definition) is 1. The molecule has 0 saturated carbocycles. The molecule has 0 spiro atoms. The van der Waals surface area contributed by atoms with Crippen LogP contribution in [0.5, 0.6) is 17.2 Å². The molecule has 0 bridgehead atoms. The van der Waals surface area contributed by atoms with Crippen LogP contribution in [0, 0.1) is 11.3 Å². The molecule has 0 aliphatic heterocycles. The standard InChI is InChI=1S/C17H16N2O4/c1-21-15-7-13(8-16(9-15)22-2)19-17(20)11-23-14-5-3-4-12(6-14)10-18/h3-9H,11H2,1-2H3,(H,19,20). The van der Waals surface area contributed by atoms with Gasteiger partial charge in [-0.3, -0.25) is 4.79 Å². The number of benzene rings is 2.